The number of amides is 1. The van der Waals surface area contributed by atoms with Gasteiger partial charge in [-0.15, -0.1) is 0 Å². The molecule has 6 nitrogen and oxygen atoms in total. The minimum atomic E-state index is -0.669. The smallest absolute Gasteiger partial charge is 0.344 e. The Bertz CT molecular complexity index is 1620. The van der Waals surface area contributed by atoms with Crippen LogP contribution in [0.15, 0.2) is 82.8 Å². The van der Waals surface area contributed by atoms with Crippen LogP contribution in [0.1, 0.15) is 22.8 Å². The molecule has 0 radical (unpaired) electrons. The van der Waals surface area contributed by atoms with Crippen molar-refractivity contribution in [2.45, 2.75) is 6.92 Å². The Morgan fingerprint density at radius 2 is 1.79 bits per heavy atom. The zero-order valence-corrected chi connectivity index (χ0v) is 23.0. The number of hydrogen-bond acceptors (Lipinski definition) is 5. The van der Waals surface area contributed by atoms with Gasteiger partial charge in [-0.3, -0.25) is 4.79 Å². The Hall–Kier alpha value is -3.83. The molecule has 0 saturated carbocycles. The van der Waals surface area contributed by atoms with Gasteiger partial charge in [0.1, 0.15) is 11.6 Å². The molecule has 4 aromatic rings. The average Bonchev–Trinajstić information content (AvgIpc) is 2.91. The average molecular weight is 610 g/mol. The van der Waals surface area contributed by atoms with Crippen molar-refractivity contribution in [3.8, 4) is 17.6 Å². The highest BCUT2D eigenvalue weighted by molar-refractivity contribution is 9.10. The van der Waals surface area contributed by atoms with Crippen LogP contribution < -0.4 is 14.8 Å². The van der Waals surface area contributed by atoms with Gasteiger partial charge in [0.05, 0.1) is 32.4 Å². The number of fused-ring (bicyclic) bond motifs is 1. The maximum atomic E-state index is 13.1. The van der Waals surface area contributed by atoms with Gasteiger partial charge in [0.25, 0.3) is 5.91 Å². The summed E-state index contributed by atoms with van der Waals surface area (Å²) in [6, 6.07) is 22.8. The molecule has 1 N–H and O–H groups in total. The number of carbonyl (C=O) groups excluding carboxylic acids is 2. The van der Waals surface area contributed by atoms with Crippen molar-refractivity contribution in [1.82, 2.24) is 0 Å². The molecule has 0 aliphatic carbocycles. The van der Waals surface area contributed by atoms with E-state index in [-0.39, 0.29) is 39.4 Å². The predicted octanol–water partition coefficient (Wildman–Crippen LogP) is 8.07. The summed E-state index contributed by atoms with van der Waals surface area (Å²) < 4.78 is 11.9. The molecule has 0 heterocycles. The van der Waals surface area contributed by atoms with Crippen molar-refractivity contribution in [2.75, 3.05) is 11.9 Å². The monoisotopic (exact) mass is 608 g/mol. The Morgan fingerprint density at radius 1 is 1.05 bits per heavy atom. The summed E-state index contributed by atoms with van der Waals surface area (Å²) in [5.74, 6) is -0.785. The molecule has 1 amide bonds. The lowest BCUT2D eigenvalue weighted by molar-refractivity contribution is -0.112. The molecule has 190 valence electrons. The fraction of sp³-hybridized carbons (Fsp3) is 0.0690. The van der Waals surface area contributed by atoms with Crippen LogP contribution >= 0.6 is 39.1 Å². The van der Waals surface area contributed by atoms with Gasteiger partial charge in [-0.2, -0.15) is 5.26 Å². The second-order valence-electron chi connectivity index (χ2n) is 7.90. The van der Waals surface area contributed by atoms with E-state index in [1.807, 2.05) is 36.4 Å². The van der Waals surface area contributed by atoms with Crippen LogP contribution in [0.5, 0.6) is 11.5 Å². The summed E-state index contributed by atoms with van der Waals surface area (Å²) in [7, 11) is 0. The lowest BCUT2D eigenvalue weighted by Gasteiger charge is -2.14. The van der Waals surface area contributed by atoms with Crippen LogP contribution in [-0.2, 0) is 4.79 Å². The number of hydrogen-bond donors (Lipinski definition) is 1. The highest BCUT2D eigenvalue weighted by Gasteiger charge is 2.20. The van der Waals surface area contributed by atoms with E-state index in [0.29, 0.717) is 15.6 Å². The number of carbonyl (C=O) groups is 2. The number of benzene rings is 4. The van der Waals surface area contributed by atoms with Gasteiger partial charge in [0.2, 0.25) is 0 Å². The maximum Gasteiger partial charge on any atom is 0.344 e. The highest BCUT2D eigenvalue weighted by atomic mass is 79.9. The molecule has 38 heavy (non-hydrogen) atoms. The molecule has 0 fully saturated rings. The van der Waals surface area contributed by atoms with Crippen molar-refractivity contribution in [1.29, 1.82) is 5.26 Å². The van der Waals surface area contributed by atoms with E-state index in [4.69, 9.17) is 32.7 Å². The second kappa shape index (κ2) is 12.1. The largest absolute Gasteiger partial charge is 0.490 e. The fourth-order valence-corrected chi connectivity index (χ4v) is 4.58. The minimum Gasteiger partial charge on any atom is -0.490 e. The molecule has 0 saturated heterocycles. The Balaban J connectivity index is 1.65. The molecule has 4 rings (SSSR count). The topological polar surface area (TPSA) is 88.4 Å². The fourth-order valence-electron chi connectivity index (χ4n) is 3.69. The van der Waals surface area contributed by atoms with Gasteiger partial charge in [0, 0.05) is 0 Å². The molecule has 9 heteroatoms. The van der Waals surface area contributed by atoms with Crippen molar-refractivity contribution in [2.24, 2.45) is 0 Å². The van der Waals surface area contributed by atoms with Gasteiger partial charge < -0.3 is 14.8 Å². The molecular weight excluding hydrogens is 591 g/mol. The van der Waals surface area contributed by atoms with E-state index in [2.05, 4.69) is 21.2 Å². The summed E-state index contributed by atoms with van der Waals surface area (Å²) in [5.41, 5.74) is 0.965. The van der Waals surface area contributed by atoms with Crippen LogP contribution in [0.3, 0.4) is 0 Å². The quantitative estimate of drug-likeness (QED) is 0.0990. The minimum absolute atomic E-state index is 0.165. The first-order chi connectivity index (χ1) is 18.3. The number of nitrogens with zero attached hydrogens (tertiary/aromatic N) is 1. The Labute approximate surface area is 237 Å². The standard InChI is InChI=1S/C29H19BrCl2N2O4/c1-2-37-25-15-17(13-19(16-33)28(35)34-24-12-6-11-23(31)26(24)32)14-22(30)27(25)38-29(36)21-10-5-8-18-7-3-4-9-20(18)21/h3-15H,2H2,1H3,(H,34,35)/b19-13+. The van der Waals surface area contributed by atoms with Gasteiger partial charge in [-0.1, -0.05) is 65.7 Å². The molecule has 0 spiro atoms. The SMILES string of the molecule is CCOc1cc(/C=C(\C#N)C(=O)Nc2cccc(Cl)c2Cl)cc(Br)c1OC(=O)c1cccc2ccccc12. The van der Waals surface area contributed by atoms with Crippen molar-refractivity contribution in [3.05, 3.63) is 104 Å². The lowest BCUT2D eigenvalue weighted by atomic mass is 10.0. The van der Waals surface area contributed by atoms with E-state index in [0.717, 1.165) is 10.8 Å². The first-order valence-electron chi connectivity index (χ1n) is 11.4. The Kier molecular flexibility index (Phi) is 8.70. The molecule has 0 aliphatic rings. The van der Waals surface area contributed by atoms with Crippen molar-refractivity contribution < 1.29 is 19.1 Å². The zero-order chi connectivity index (χ0) is 27.2. The molecular formula is C29H19BrCl2N2O4. The van der Waals surface area contributed by atoms with Crippen molar-refractivity contribution >= 4 is 73.5 Å². The summed E-state index contributed by atoms with van der Waals surface area (Å²) in [6.07, 6.45) is 1.39. The summed E-state index contributed by atoms with van der Waals surface area (Å²) >= 11 is 15.6. The van der Waals surface area contributed by atoms with Gasteiger partial charge >= 0.3 is 5.97 Å². The van der Waals surface area contributed by atoms with Crippen LogP contribution in [0.2, 0.25) is 10.0 Å². The van der Waals surface area contributed by atoms with E-state index in [1.165, 1.54) is 6.08 Å². The van der Waals surface area contributed by atoms with Crippen molar-refractivity contribution in [3.63, 3.8) is 0 Å². The van der Waals surface area contributed by atoms with Crippen LogP contribution in [0.25, 0.3) is 16.8 Å². The first-order valence-corrected chi connectivity index (χ1v) is 12.9. The summed E-state index contributed by atoms with van der Waals surface area (Å²) in [4.78, 5) is 25.9. The number of ether oxygens (including phenoxy) is 2. The number of halogens is 3. The van der Waals surface area contributed by atoms with Crippen LogP contribution in [0, 0.1) is 11.3 Å². The van der Waals surface area contributed by atoms with Gasteiger partial charge in [0.15, 0.2) is 11.5 Å². The van der Waals surface area contributed by atoms with E-state index in [1.54, 1.807) is 49.4 Å². The molecule has 0 bridgehead atoms. The molecule has 0 aromatic heterocycles. The van der Waals surface area contributed by atoms with Gasteiger partial charge in [-0.25, -0.2) is 4.79 Å². The molecule has 0 unspecified atom stereocenters. The predicted molar refractivity (Wildman–Crippen MR) is 153 cm³/mol. The lowest BCUT2D eigenvalue weighted by Crippen LogP contribution is -2.14. The number of nitrogens with one attached hydrogen (secondary N) is 1. The number of rotatable bonds is 7. The third kappa shape index (κ3) is 6.00. The summed E-state index contributed by atoms with van der Waals surface area (Å²) in [5, 5.41) is 14.3. The highest BCUT2D eigenvalue weighted by Crippen LogP contribution is 2.38. The number of nitriles is 1. The molecule has 0 atom stereocenters. The van der Waals surface area contributed by atoms with Gasteiger partial charge in [-0.05, 0) is 75.6 Å². The number of anilines is 1. The zero-order valence-electron chi connectivity index (χ0n) is 19.9. The first kappa shape index (κ1) is 27.2. The van der Waals surface area contributed by atoms with Crippen LogP contribution in [0.4, 0.5) is 5.69 Å². The van der Waals surface area contributed by atoms with Crippen LogP contribution in [-0.4, -0.2) is 18.5 Å². The summed E-state index contributed by atoms with van der Waals surface area (Å²) in [6.45, 7) is 2.08. The third-order valence-corrected chi connectivity index (χ3v) is 6.82. The normalized spacial score (nSPS) is 11.1. The second-order valence-corrected chi connectivity index (χ2v) is 9.54. The molecule has 4 aromatic carbocycles. The third-order valence-electron chi connectivity index (χ3n) is 5.41. The number of esters is 1. The molecule has 0 aliphatic heterocycles. The Morgan fingerprint density at radius 3 is 2.55 bits per heavy atom. The maximum absolute atomic E-state index is 13.1. The van der Waals surface area contributed by atoms with E-state index < -0.39 is 11.9 Å². The van der Waals surface area contributed by atoms with E-state index >= 15 is 0 Å². The van der Waals surface area contributed by atoms with E-state index in [9.17, 15) is 14.9 Å².